The van der Waals surface area contributed by atoms with Gasteiger partial charge in [0.2, 0.25) is 0 Å². The van der Waals surface area contributed by atoms with Crippen molar-refractivity contribution in [1.29, 1.82) is 0 Å². The second-order valence-electron chi connectivity index (χ2n) is 5.48. The maximum atomic E-state index is 11.6. The van der Waals surface area contributed by atoms with Crippen LogP contribution < -0.4 is 0 Å². The number of sulfone groups is 1. The van der Waals surface area contributed by atoms with Crippen molar-refractivity contribution in [2.75, 3.05) is 6.26 Å². The van der Waals surface area contributed by atoms with Crippen LogP contribution in [0.5, 0.6) is 0 Å². The Labute approximate surface area is 124 Å². The molecule has 2 nitrogen and oxygen atoms in total. The van der Waals surface area contributed by atoms with Crippen molar-refractivity contribution in [1.82, 2.24) is 0 Å². The van der Waals surface area contributed by atoms with E-state index < -0.39 is 9.84 Å². The highest BCUT2D eigenvalue weighted by molar-refractivity contribution is 7.90. The molecule has 1 aromatic carbocycles. The van der Waals surface area contributed by atoms with Gasteiger partial charge in [0.05, 0.1) is 4.90 Å². The first kappa shape index (κ1) is 13.8. The zero-order valence-corrected chi connectivity index (χ0v) is 13.1. The third-order valence-corrected chi connectivity index (χ3v) is 6.34. The Morgan fingerprint density at radius 1 is 1.10 bits per heavy atom. The molecule has 0 N–H and O–H groups in total. The van der Waals surface area contributed by atoms with E-state index in [0.29, 0.717) is 10.8 Å². The molecule has 0 radical (unpaired) electrons. The summed E-state index contributed by atoms with van der Waals surface area (Å²) >= 11 is 1.81. The lowest BCUT2D eigenvalue weighted by atomic mass is 10.1. The molecule has 0 aliphatic heterocycles. The fourth-order valence-corrected chi connectivity index (χ4v) is 4.66. The molecule has 0 atom stereocenters. The van der Waals surface area contributed by atoms with Crippen LogP contribution in [-0.2, 0) is 9.84 Å². The summed E-state index contributed by atoms with van der Waals surface area (Å²) in [6.07, 6.45) is 6.51. The molecule has 1 saturated carbocycles. The summed E-state index contributed by atoms with van der Waals surface area (Å²) in [6, 6.07) is 11.6. The molecule has 1 fully saturated rings. The zero-order chi connectivity index (χ0) is 14.2. The summed E-state index contributed by atoms with van der Waals surface area (Å²) in [7, 11) is -3.14. The van der Waals surface area contributed by atoms with Crippen LogP contribution >= 0.6 is 11.3 Å². The zero-order valence-electron chi connectivity index (χ0n) is 11.5. The predicted molar refractivity (Wildman–Crippen MR) is 84.1 cm³/mol. The van der Waals surface area contributed by atoms with Crippen LogP contribution in [0.4, 0.5) is 0 Å². The number of thiophene rings is 1. The summed E-state index contributed by atoms with van der Waals surface area (Å²) in [6.45, 7) is 0. The van der Waals surface area contributed by atoms with Gasteiger partial charge in [-0.05, 0) is 48.6 Å². The summed E-state index contributed by atoms with van der Waals surface area (Å²) in [5.74, 6) is 0.715. The van der Waals surface area contributed by atoms with Crippen molar-refractivity contribution in [2.24, 2.45) is 0 Å². The molecule has 3 rings (SSSR count). The number of hydrogen-bond acceptors (Lipinski definition) is 3. The minimum absolute atomic E-state index is 0.394. The van der Waals surface area contributed by atoms with Crippen LogP contribution in [0.2, 0.25) is 0 Å². The molecule has 2 aromatic rings. The SMILES string of the molecule is CS(=O)(=O)c1cccc(-c2ccc(C3CCCC3)s2)c1. The van der Waals surface area contributed by atoms with E-state index >= 15 is 0 Å². The normalized spacial score (nSPS) is 16.6. The lowest BCUT2D eigenvalue weighted by molar-refractivity contribution is 0.602. The van der Waals surface area contributed by atoms with Crippen LogP contribution in [0.3, 0.4) is 0 Å². The predicted octanol–water partition coefficient (Wildman–Crippen LogP) is 4.48. The Kier molecular flexibility index (Phi) is 3.69. The maximum Gasteiger partial charge on any atom is 0.175 e. The smallest absolute Gasteiger partial charge is 0.175 e. The Balaban J connectivity index is 1.93. The molecule has 0 saturated heterocycles. The van der Waals surface area contributed by atoms with Gasteiger partial charge in [-0.3, -0.25) is 0 Å². The highest BCUT2D eigenvalue weighted by atomic mass is 32.2. The van der Waals surface area contributed by atoms with Crippen molar-refractivity contribution in [3.8, 4) is 10.4 Å². The second kappa shape index (κ2) is 5.34. The molecule has 1 aliphatic rings. The van der Waals surface area contributed by atoms with Gasteiger partial charge >= 0.3 is 0 Å². The average Bonchev–Trinajstić information content (AvgIpc) is 3.09. The molecule has 1 aromatic heterocycles. The highest BCUT2D eigenvalue weighted by Gasteiger charge is 2.19. The first-order valence-electron chi connectivity index (χ1n) is 6.94. The monoisotopic (exact) mass is 306 g/mol. The number of rotatable bonds is 3. The van der Waals surface area contributed by atoms with Crippen LogP contribution in [0, 0.1) is 0 Å². The first-order valence-corrected chi connectivity index (χ1v) is 9.65. The minimum atomic E-state index is -3.14. The van der Waals surface area contributed by atoms with Crippen molar-refractivity contribution < 1.29 is 8.42 Å². The van der Waals surface area contributed by atoms with Crippen LogP contribution in [0.15, 0.2) is 41.3 Å². The Bertz CT molecular complexity index is 708. The van der Waals surface area contributed by atoms with E-state index in [1.54, 1.807) is 12.1 Å². The van der Waals surface area contributed by atoms with E-state index in [9.17, 15) is 8.42 Å². The van der Waals surface area contributed by atoms with E-state index in [1.165, 1.54) is 36.8 Å². The Morgan fingerprint density at radius 2 is 1.85 bits per heavy atom. The quantitative estimate of drug-likeness (QED) is 0.838. The summed E-state index contributed by atoms with van der Waals surface area (Å²) in [4.78, 5) is 3.01. The molecule has 4 heteroatoms. The fraction of sp³-hybridized carbons (Fsp3) is 0.375. The summed E-state index contributed by atoms with van der Waals surface area (Å²) in [5, 5.41) is 0. The summed E-state index contributed by atoms with van der Waals surface area (Å²) in [5.41, 5.74) is 1.00. The standard InChI is InChI=1S/C16H18O2S2/c1-20(17,18)14-8-4-7-13(11-14)16-10-9-15(19-16)12-5-2-3-6-12/h4,7-12H,2-3,5-6H2,1H3. The van der Waals surface area contributed by atoms with Gasteiger partial charge in [0.25, 0.3) is 0 Å². The van der Waals surface area contributed by atoms with Gasteiger partial charge in [0.15, 0.2) is 9.84 Å². The Hall–Kier alpha value is -1.13. The molecule has 1 aliphatic carbocycles. The largest absolute Gasteiger partial charge is 0.224 e. The molecule has 0 unspecified atom stereocenters. The van der Waals surface area contributed by atoms with Gasteiger partial charge in [-0.2, -0.15) is 0 Å². The highest BCUT2D eigenvalue weighted by Crippen LogP contribution is 2.40. The van der Waals surface area contributed by atoms with Crippen molar-refractivity contribution >= 4 is 21.2 Å². The number of hydrogen-bond donors (Lipinski definition) is 0. The molecular weight excluding hydrogens is 288 g/mol. The van der Waals surface area contributed by atoms with Gasteiger partial charge in [0, 0.05) is 16.0 Å². The van der Waals surface area contributed by atoms with E-state index in [-0.39, 0.29) is 0 Å². The molecular formula is C16H18O2S2. The molecule has 0 amide bonds. The fourth-order valence-electron chi connectivity index (χ4n) is 2.82. The van der Waals surface area contributed by atoms with E-state index in [0.717, 1.165) is 10.4 Å². The van der Waals surface area contributed by atoms with E-state index in [1.807, 2.05) is 23.5 Å². The number of benzene rings is 1. The molecule has 1 heterocycles. The third kappa shape index (κ3) is 2.81. The van der Waals surface area contributed by atoms with Gasteiger partial charge in [-0.25, -0.2) is 8.42 Å². The Morgan fingerprint density at radius 3 is 2.55 bits per heavy atom. The van der Waals surface area contributed by atoms with Crippen molar-refractivity contribution in [2.45, 2.75) is 36.5 Å². The van der Waals surface area contributed by atoms with E-state index in [4.69, 9.17) is 0 Å². The van der Waals surface area contributed by atoms with Crippen LogP contribution in [-0.4, -0.2) is 14.7 Å². The van der Waals surface area contributed by atoms with Crippen molar-refractivity contribution in [3.05, 3.63) is 41.3 Å². The minimum Gasteiger partial charge on any atom is -0.224 e. The molecule has 106 valence electrons. The second-order valence-corrected chi connectivity index (χ2v) is 8.61. The molecule has 0 spiro atoms. The van der Waals surface area contributed by atoms with E-state index in [2.05, 4.69) is 12.1 Å². The van der Waals surface area contributed by atoms with Gasteiger partial charge < -0.3 is 0 Å². The lowest BCUT2D eigenvalue weighted by Gasteiger charge is -2.05. The lowest BCUT2D eigenvalue weighted by Crippen LogP contribution is -1.96. The molecule has 20 heavy (non-hydrogen) atoms. The van der Waals surface area contributed by atoms with Crippen LogP contribution in [0.25, 0.3) is 10.4 Å². The van der Waals surface area contributed by atoms with Gasteiger partial charge in [-0.1, -0.05) is 25.0 Å². The first-order chi connectivity index (χ1) is 9.54. The third-order valence-electron chi connectivity index (χ3n) is 3.93. The molecule has 0 bridgehead atoms. The topological polar surface area (TPSA) is 34.1 Å². The average molecular weight is 306 g/mol. The van der Waals surface area contributed by atoms with Gasteiger partial charge in [-0.15, -0.1) is 11.3 Å². The van der Waals surface area contributed by atoms with Crippen molar-refractivity contribution in [3.63, 3.8) is 0 Å². The van der Waals surface area contributed by atoms with Crippen LogP contribution in [0.1, 0.15) is 36.5 Å². The maximum absolute atomic E-state index is 11.6. The summed E-state index contributed by atoms with van der Waals surface area (Å²) < 4.78 is 23.3. The van der Waals surface area contributed by atoms with Gasteiger partial charge in [0.1, 0.15) is 0 Å².